The lowest BCUT2D eigenvalue weighted by Gasteiger charge is -2.33. The van der Waals surface area contributed by atoms with Crippen LogP contribution < -0.4 is 0 Å². The summed E-state index contributed by atoms with van der Waals surface area (Å²) in [7, 11) is 2.12. The fourth-order valence-electron chi connectivity index (χ4n) is 2.36. The highest BCUT2D eigenvalue weighted by atomic mass is 16.3. The molecular formula is C15H25NO. The summed E-state index contributed by atoms with van der Waals surface area (Å²) in [4.78, 5) is 2.30. The van der Waals surface area contributed by atoms with Crippen molar-refractivity contribution >= 4 is 0 Å². The molecule has 0 saturated heterocycles. The number of hydrogen-bond donors (Lipinski definition) is 1. The van der Waals surface area contributed by atoms with Crippen molar-refractivity contribution in [2.24, 2.45) is 5.92 Å². The van der Waals surface area contributed by atoms with Gasteiger partial charge in [-0.05, 0) is 18.5 Å². The maximum absolute atomic E-state index is 9.70. The third-order valence-corrected chi connectivity index (χ3v) is 3.12. The Balaban J connectivity index is 2.76. The summed E-state index contributed by atoms with van der Waals surface area (Å²) < 4.78 is 0. The lowest BCUT2D eigenvalue weighted by Crippen LogP contribution is -2.41. The summed E-state index contributed by atoms with van der Waals surface area (Å²) in [6.07, 6.45) is 0. The Kier molecular flexibility index (Phi) is 5.16. The highest BCUT2D eigenvalue weighted by Gasteiger charge is 2.27. The minimum atomic E-state index is -0.176. The van der Waals surface area contributed by atoms with Crippen LogP contribution in [-0.2, 0) is 5.41 Å². The van der Waals surface area contributed by atoms with Gasteiger partial charge in [-0.15, -0.1) is 0 Å². The first kappa shape index (κ1) is 14.2. The van der Waals surface area contributed by atoms with Crippen LogP contribution >= 0.6 is 0 Å². The summed E-state index contributed by atoms with van der Waals surface area (Å²) in [6.45, 7) is 8.68. The van der Waals surface area contributed by atoms with Crippen molar-refractivity contribution in [3.63, 3.8) is 0 Å². The molecule has 0 spiro atoms. The van der Waals surface area contributed by atoms with Gasteiger partial charge in [0, 0.05) is 18.5 Å². The third-order valence-electron chi connectivity index (χ3n) is 3.12. The van der Waals surface area contributed by atoms with Crippen LogP contribution in [0.2, 0.25) is 0 Å². The van der Waals surface area contributed by atoms with E-state index in [-0.39, 0.29) is 12.0 Å². The summed E-state index contributed by atoms with van der Waals surface area (Å²) in [5, 5.41) is 9.70. The number of nitrogens with zero attached hydrogens (tertiary/aromatic N) is 1. The Morgan fingerprint density at radius 3 is 2.29 bits per heavy atom. The maximum atomic E-state index is 9.70. The Labute approximate surface area is 105 Å². The number of benzene rings is 1. The molecule has 1 aromatic carbocycles. The van der Waals surface area contributed by atoms with Crippen molar-refractivity contribution in [2.75, 3.05) is 26.7 Å². The second kappa shape index (κ2) is 6.18. The molecule has 0 saturated carbocycles. The average molecular weight is 235 g/mol. The molecule has 0 aromatic heterocycles. The maximum Gasteiger partial charge on any atom is 0.0537 e. The van der Waals surface area contributed by atoms with Crippen LogP contribution in [0.4, 0.5) is 0 Å². The molecule has 0 fully saturated rings. The topological polar surface area (TPSA) is 23.5 Å². The largest absolute Gasteiger partial charge is 0.395 e. The van der Waals surface area contributed by atoms with Gasteiger partial charge in [0.05, 0.1) is 6.61 Å². The summed E-state index contributed by atoms with van der Waals surface area (Å²) in [6, 6.07) is 10.3. The quantitative estimate of drug-likeness (QED) is 0.819. The number of rotatable bonds is 6. The summed E-state index contributed by atoms with van der Waals surface area (Å²) in [5.41, 5.74) is 1.03. The first-order valence-corrected chi connectivity index (χ1v) is 6.33. The zero-order valence-electron chi connectivity index (χ0n) is 11.5. The van der Waals surface area contributed by atoms with E-state index in [1.807, 2.05) is 18.2 Å². The van der Waals surface area contributed by atoms with E-state index in [1.54, 1.807) is 0 Å². The number of aliphatic hydroxyl groups is 1. The van der Waals surface area contributed by atoms with Crippen molar-refractivity contribution < 1.29 is 5.11 Å². The van der Waals surface area contributed by atoms with Gasteiger partial charge in [0.15, 0.2) is 0 Å². The van der Waals surface area contributed by atoms with Crippen LogP contribution in [-0.4, -0.2) is 36.8 Å². The molecule has 1 atom stereocenters. The third kappa shape index (κ3) is 4.14. The van der Waals surface area contributed by atoms with E-state index in [2.05, 4.69) is 44.9 Å². The molecular weight excluding hydrogens is 210 g/mol. The molecule has 0 aliphatic heterocycles. The number of likely N-dealkylation sites (N-methyl/N-ethyl adjacent to an activating group) is 1. The lowest BCUT2D eigenvalue weighted by molar-refractivity contribution is 0.152. The monoisotopic (exact) mass is 235 g/mol. The molecule has 0 heterocycles. The van der Waals surface area contributed by atoms with Gasteiger partial charge in [-0.25, -0.2) is 0 Å². The van der Waals surface area contributed by atoms with Crippen LogP contribution in [0.5, 0.6) is 0 Å². The molecule has 1 aromatic rings. The normalized spacial score (nSPS) is 15.2. The van der Waals surface area contributed by atoms with Gasteiger partial charge < -0.3 is 10.0 Å². The van der Waals surface area contributed by atoms with Gasteiger partial charge in [0.1, 0.15) is 0 Å². The van der Waals surface area contributed by atoms with Crippen LogP contribution in [0.25, 0.3) is 0 Å². The number of hydrogen-bond acceptors (Lipinski definition) is 2. The van der Waals surface area contributed by atoms with Crippen molar-refractivity contribution in [1.82, 2.24) is 4.90 Å². The fourth-order valence-corrected chi connectivity index (χ4v) is 2.36. The highest BCUT2D eigenvalue weighted by Crippen LogP contribution is 2.24. The molecule has 0 amide bonds. The van der Waals surface area contributed by atoms with Gasteiger partial charge in [-0.2, -0.15) is 0 Å². The molecule has 2 heteroatoms. The van der Waals surface area contributed by atoms with Crippen molar-refractivity contribution in [2.45, 2.75) is 26.2 Å². The van der Waals surface area contributed by atoms with E-state index in [0.29, 0.717) is 5.92 Å². The lowest BCUT2D eigenvalue weighted by atomic mass is 9.82. The van der Waals surface area contributed by atoms with E-state index in [9.17, 15) is 5.11 Å². The fraction of sp³-hybridized carbons (Fsp3) is 0.600. The second-order valence-corrected chi connectivity index (χ2v) is 5.68. The van der Waals surface area contributed by atoms with E-state index < -0.39 is 0 Å². The van der Waals surface area contributed by atoms with E-state index in [4.69, 9.17) is 0 Å². The zero-order valence-corrected chi connectivity index (χ0v) is 11.5. The van der Waals surface area contributed by atoms with Gasteiger partial charge in [0.25, 0.3) is 0 Å². The van der Waals surface area contributed by atoms with Crippen LogP contribution in [0.3, 0.4) is 0 Å². The molecule has 1 unspecified atom stereocenters. The van der Waals surface area contributed by atoms with Crippen molar-refractivity contribution in [3.8, 4) is 0 Å². The van der Waals surface area contributed by atoms with Gasteiger partial charge in [-0.1, -0.05) is 51.1 Å². The number of aliphatic hydroxyl groups excluding tert-OH is 1. The Morgan fingerprint density at radius 2 is 1.82 bits per heavy atom. The molecule has 17 heavy (non-hydrogen) atoms. The van der Waals surface area contributed by atoms with Crippen LogP contribution in [0, 0.1) is 5.92 Å². The van der Waals surface area contributed by atoms with E-state index in [1.165, 1.54) is 5.56 Å². The Bertz CT molecular complexity index is 323. The van der Waals surface area contributed by atoms with E-state index in [0.717, 1.165) is 13.1 Å². The summed E-state index contributed by atoms with van der Waals surface area (Å²) in [5.74, 6) is 0.652. The predicted octanol–water partition coefficient (Wildman–Crippen LogP) is 2.52. The SMILES string of the molecule is CC(C)CN(C)CC(C)(CO)c1ccccc1. The summed E-state index contributed by atoms with van der Waals surface area (Å²) >= 11 is 0. The smallest absolute Gasteiger partial charge is 0.0537 e. The molecule has 0 bridgehead atoms. The molecule has 0 aliphatic rings. The molecule has 96 valence electrons. The molecule has 1 N–H and O–H groups in total. The van der Waals surface area contributed by atoms with Crippen LogP contribution in [0.15, 0.2) is 30.3 Å². The van der Waals surface area contributed by atoms with Crippen molar-refractivity contribution in [1.29, 1.82) is 0 Å². The first-order valence-electron chi connectivity index (χ1n) is 6.33. The van der Waals surface area contributed by atoms with Gasteiger partial charge in [0.2, 0.25) is 0 Å². The second-order valence-electron chi connectivity index (χ2n) is 5.68. The Hall–Kier alpha value is -0.860. The zero-order chi connectivity index (χ0) is 12.9. The first-order chi connectivity index (χ1) is 7.98. The van der Waals surface area contributed by atoms with E-state index >= 15 is 0 Å². The predicted molar refractivity (Wildman–Crippen MR) is 73.2 cm³/mol. The van der Waals surface area contributed by atoms with Gasteiger partial charge in [-0.3, -0.25) is 0 Å². The molecule has 1 rings (SSSR count). The highest BCUT2D eigenvalue weighted by molar-refractivity contribution is 5.25. The minimum Gasteiger partial charge on any atom is -0.395 e. The Morgan fingerprint density at radius 1 is 1.24 bits per heavy atom. The average Bonchev–Trinajstić information content (AvgIpc) is 2.29. The standard InChI is InChI=1S/C15H25NO/c1-13(2)10-16(4)11-15(3,12-17)14-8-6-5-7-9-14/h5-9,13,17H,10-12H2,1-4H3. The molecule has 0 radical (unpaired) electrons. The van der Waals surface area contributed by atoms with Gasteiger partial charge >= 0.3 is 0 Å². The van der Waals surface area contributed by atoms with Crippen LogP contribution in [0.1, 0.15) is 26.3 Å². The molecule has 2 nitrogen and oxygen atoms in total. The minimum absolute atomic E-state index is 0.176. The molecule has 0 aliphatic carbocycles. The van der Waals surface area contributed by atoms with Crippen molar-refractivity contribution in [3.05, 3.63) is 35.9 Å².